The molecule has 0 saturated heterocycles. The van der Waals surface area contributed by atoms with Crippen molar-refractivity contribution in [2.24, 2.45) is 0 Å². The second kappa shape index (κ2) is 9.17. The van der Waals surface area contributed by atoms with E-state index < -0.39 is 0 Å². The molecule has 2 rings (SSSR count). The lowest BCUT2D eigenvalue weighted by atomic mass is 10.1. The molecule has 0 bridgehead atoms. The van der Waals surface area contributed by atoms with Crippen molar-refractivity contribution in [2.75, 3.05) is 16.8 Å². The van der Waals surface area contributed by atoms with Gasteiger partial charge in [0.15, 0.2) is 0 Å². The Morgan fingerprint density at radius 2 is 1.68 bits per heavy atom. The van der Waals surface area contributed by atoms with Gasteiger partial charge in [-0.15, -0.1) is 11.8 Å². The molecule has 0 heterocycles. The standard InChI is InChI=1S/C18H18F2N2O2S/c1-12-2-3-13(8-16(12)20)9-21-17(23)10-25-11-18(24)22-15-6-4-14(19)5-7-15/h2-8H,9-11H2,1H3,(H,21,23)(H,22,24). The van der Waals surface area contributed by atoms with Gasteiger partial charge >= 0.3 is 0 Å². The van der Waals surface area contributed by atoms with Gasteiger partial charge in [-0.3, -0.25) is 9.59 Å². The highest BCUT2D eigenvalue weighted by Crippen LogP contribution is 2.10. The molecular formula is C18H18F2N2O2S. The van der Waals surface area contributed by atoms with E-state index in [0.717, 1.165) is 11.8 Å². The minimum Gasteiger partial charge on any atom is -0.351 e. The molecular weight excluding hydrogens is 346 g/mol. The fourth-order valence-electron chi connectivity index (χ4n) is 1.96. The van der Waals surface area contributed by atoms with Crippen molar-refractivity contribution >= 4 is 29.3 Å². The monoisotopic (exact) mass is 364 g/mol. The third-order valence-corrected chi connectivity index (χ3v) is 4.25. The number of thioether (sulfide) groups is 1. The first-order chi connectivity index (χ1) is 11.9. The maximum Gasteiger partial charge on any atom is 0.234 e. The fourth-order valence-corrected chi connectivity index (χ4v) is 2.61. The number of amides is 2. The van der Waals surface area contributed by atoms with E-state index in [2.05, 4.69) is 10.6 Å². The van der Waals surface area contributed by atoms with Gasteiger partial charge in [0.05, 0.1) is 11.5 Å². The summed E-state index contributed by atoms with van der Waals surface area (Å²) in [6.45, 7) is 1.91. The molecule has 0 aliphatic rings. The zero-order valence-corrected chi connectivity index (χ0v) is 14.5. The van der Waals surface area contributed by atoms with Crippen LogP contribution in [0.1, 0.15) is 11.1 Å². The van der Waals surface area contributed by atoms with Gasteiger partial charge in [0, 0.05) is 12.2 Å². The van der Waals surface area contributed by atoms with Crippen molar-refractivity contribution in [1.29, 1.82) is 0 Å². The van der Waals surface area contributed by atoms with E-state index in [4.69, 9.17) is 0 Å². The van der Waals surface area contributed by atoms with E-state index >= 15 is 0 Å². The number of nitrogens with one attached hydrogen (secondary N) is 2. The number of hydrogen-bond donors (Lipinski definition) is 2. The molecule has 25 heavy (non-hydrogen) atoms. The maximum absolute atomic E-state index is 13.4. The van der Waals surface area contributed by atoms with Crippen LogP contribution in [0.15, 0.2) is 42.5 Å². The number of rotatable bonds is 7. The third kappa shape index (κ3) is 6.54. The first kappa shape index (κ1) is 18.9. The van der Waals surface area contributed by atoms with Crippen LogP contribution in [-0.4, -0.2) is 23.3 Å². The lowest BCUT2D eigenvalue weighted by Gasteiger charge is -2.07. The third-order valence-electron chi connectivity index (χ3n) is 3.32. The Morgan fingerprint density at radius 3 is 2.36 bits per heavy atom. The van der Waals surface area contributed by atoms with Gasteiger partial charge in [0.2, 0.25) is 11.8 Å². The number of hydrogen-bond acceptors (Lipinski definition) is 3. The van der Waals surface area contributed by atoms with E-state index in [1.165, 1.54) is 30.3 Å². The topological polar surface area (TPSA) is 58.2 Å². The average molecular weight is 364 g/mol. The number of carbonyl (C=O) groups is 2. The number of anilines is 1. The minimum absolute atomic E-state index is 0.101. The van der Waals surface area contributed by atoms with E-state index in [-0.39, 0.29) is 41.5 Å². The Bertz CT molecular complexity index is 751. The van der Waals surface area contributed by atoms with Gasteiger partial charge in [0.25, 0.3) is 0 Å². The van der Waals surface area contributed by atoms with Crippen LogP contribution in [0.25, 0.3) is 0 Å². The summed E-state index contributed by atoms with van der Waals surface area (Å²) < 4.78 is 26.2. The molecule has 0 aromatic heterocycles. The van der Waals surface area contributed by atoms with Crippen molar-refractivity contribution in [3.05, 3.63) is 65.2 Å². The highest BCUT2D eigenvalue weighted by molar-refractivity contribution is 8.00. The number of aryl methyl sites for hydroxylation is 1. The Balaban J connectivity index is 1.66. The van der Waals surface area contributed by atoms with Crippen molar-refractivity contribution in [3.8, 4) is 0 Å². The van der Waals surface area contributed by atoms with Crippen molar-refractivity contribution < 1.29 is 18.4 Å². The summed E-state index contributed by atoms with van der Waals surface area (Å²) in [5, 5.41) is 5.29. The van der Waals surface area contributed by atoms with E-state index in [1.807, 2.05) is 0 Å². The molecule has 2 aromatic carbocycles. The second-order valence-electron chi connectivity index (χ2n) is 5.41. The Hall–Kier alpha value is -2.41. The van der Waals surface area contributed by atoms with Crippen molar-refractivity contribution in [3.63, 3.8) is 0 Å². The Labute approximate surface area is 149 Å². The summed E-state index contributed by atoms with van der Waals surface area (Å²) in [6.07, 6.45) is 0. The average Bonchev–Trinajstić information content (AvgIpc) is 2.58. The largest absolute Gasteiger partial charge is 0.351 e. The van der Waals surface area contributed by atoms with Crippen LogP contribution in [0.5, 0.6) is 0 Å². The summed E-state index contributed by atoms with van der Waals surface area (Å²) in [5.41, 5.74) is 1.73. The van der Waals surface area contributed by atoms with Gasteiger partial charge < -0.3 is 10.6 Å². The Kier molecular flexibility index (Phi) is 6.94. The van der Waals surface area contributed by atoms with E-state index in [1.54, 1.807) is 19.1 Å². The quantitative estimate of drug-likeness (QED) is 0.793. The normalized spacial score (nSPS) is 10.4. The molecule has 2 N–H and O–H groups in total. The van der Waals surface area contributed by atoms with Crippen LogP contribution in [-0.2, 0) is 16.1 Å². The van der Waals surface area contributed by atoms with Gasteiger partial charge in [-0.1, -0.05) is 12.1 Å². The predicted octanol–water partition coefficient (Wildman–Crippen LogP) is 3.26. The summed E-state index contributed by atoms with van der Waals surface area (Å²) in [7, 11) is 0. The van der Waals surface area contributed by atoms with E-state index in [0.29, 0.717) is 16.8 Å². The fraction of sp³-hybridized carbons (Fsp3) is 0.222. The van der Waals surface area contributed by atoms with E-state index in [9.17, 15) is 18.4 Å². The molecule has 2 amide bonds. The molecule has 0 saturated carbocycles. The first-order valence-electron chi connectivity index (χ1n) is 7.59. The molecule has 0 unspecified atom stereocenters. The molecule has 0 aliphatic carbocycles. The lowest BCUT2D eigenvalue weighted by Crippen LogP contribution is -2.25. The molecule has 2 aromatic rings. The molecule has 0 spiro atoms. The van der Waals surface area contributed by atoms with Crippen LogP contribution < -0.4 is 10.6 Å². The summed E-state index contributed by atoms with van der Waals surface area (Å²) in [4.78, 5) is 23.5. The highest BCUT2D eigenvalue weighted by atomic mass is 32.2. The zero-order chi connectivity index (χ0) is 18.2. The van der Waals surface area contributed by atoms with Crippen LogP contribution in [0.3, 0.4) is 0 Å². The molecule has 7 heteroatoms. The minimum atomic E-state index is -0.377. The van der Waals surface area contributed by atoms with Gasteiger partial charge in [-0.2, -0.15) is 0 Å². The van der Waals surface area contributed by atoms with Gasteiger partial charge in [0.1, 0.15) is 11.6 Å². The zero-order valence-electron chi connectivity index (χ0n) is 13.6. The number of benzene rings is 2. The summed E-state index contributed by atoms with van der Waals surface area (Å²) in [6, 6.07) is 10.2. The molecule has 0 fully saturated rings. The molecule has 4 nitrogen and oxygen atoms in total. The van der Waals surface area contributed by atoms with Crippen LogP contribution in [0.2, 0.25) is 0 Å². The maximum atomic E-state index is 13.4. The molecule has 132 valence electrons. The highest BCUT2D eigenvalue weighted by Gasteiger charge is 2.07. The van der Waals surface area contributed by atoms with Crippen molar-refractivity contribution in [1.82, 2.24) is 5.32 Å². The van der Waals surface area contributed by atoms with Crippen LogP contribution in [0, 0.1) is 18.6 Å². The smallest absolute Gasteiger partial charge is 0.234 e. The summed E-state index contributed by atoms with van der Waals surface area (Å²) in [5.74, 6) is -0.975. The van der Waals surface area contributed by atoms with Crippen LogP contribution >= 0.6 is 11.8 Å². The lowest BCUT2D eigenvalue weighted by molar-refractivity contribution is -0.118. The molecule has 0 radical (unpaired) electrons. The Morgan fingerprint density at radius 1 is 1.00 bits per heavy atom. The SMILES string of the molecule is Cc1ccc(CNC(=O)CSCC(=O)Nc2ccc(F)cc2)cc1F. The predicted molar refractivity (Wildman–Crippen MR) is 95.3 cm³/mol. The molecule has 0 aliphatic heterocycles. The number of carbonyl (C=O) groups excluding carboxylic acids is 2. The summed E-state index contributed by atoms with van der Waals surface area (Å²) >= 11 is 1.16. The van der Waals surface area contributed by atoms with Crippen LogP contribution in [0.4, 0.5) is 14.5 Å². The van der Waals surface area contributed by atoms with Gasteiger partial charge in [-0.05, 0) is 48.4 Å². The van der Waals surface area contributed by atoms with Crippen molar-refractivity contribution in [2.45, 2.75) is 13.5 Å². The molecule has 0 atom stereocenters. The number of halogens is 2. The first-order valence-corrected chi connectivity index (χ1v) is 8.74. The second-order valence-corrected chi connectivity index (χ2v) is 6.39. The van der Waals surface area contributed by atoms with Gasteiger partial charge in [-0.25, -0.2) is 8.78 Å².